The first-order valence-electron chi connectivity index (χ1n) is 9.61. The lowest BCUT2D eigenvalue weighted by Gasteiger charge is -2.30. The number of hydrogen-bond donors (Lipinski definition) is 1. The summed E-state index contributed by atoms with van der Waals surface area (Å²) in [6.07, 6.45) is 5.34. The molecule has 6 heteroatoms. The Bertz CT molecular complexity index is 603. The van der Waals surface area contributed by atoms with E-state index in [9.17, 15) is 9.59 Å². The Hall–Kier alpha value is -2.08. The molecule has 142 valence electrons. The van der Waals surface area contributed by atoms with E-state index < -0.39 is 0 Å². The lowest BCUT2D eigenvalue weighted by atomic mass is 9.97. The zero-order valence-corrected chi connectivity index (χ0v) is 15.6. The Morgan fingerprint density at radius 2 is 1.69 bits per heavy atom. The maximum atomic E-state index is 12.3. The quantitative estimate of drug-likeness (QED) is 0.819. The number of likely N-dealkylation sites (tertiary alicyclic amines) is 1. The molecule has 2 aliphatic heterocycles. The van der Waals surface area contributed by atoms with Crippen molar-refractivity contribution in [2.45, 2.75) is 32.1 Å². The van der Waals surface area contributed by atoms with Crippen LogP contribution < -0.4 is 10.2 Å². The van der Waals surface area contributed by atoms with Crippen LogP contribution in [0.15, 0.2) is 24.3 Å². The summed E-state index contributed by atoms with van der Waals surface area (Å²) < 4.78 is 4.80. The molecule has 0 bridgehead atoms. The van der Waals surface area contributed by atoms with Crippen LogP contribution >= 0.6 is 0 Å². The highest BCUT2D eigenvalue weighted by Gasteiger charge is 2.26. The SMILES string of the molecule is COC(=O)C1CCN(CC(=O)Nc2ccc(N3CCCCC3)cc2)CC1. The maximum absolute atomic E-state index is 12.3. The molecular weight excluding hydrogens is 330 g/mol. The molecule has 0 aromatic heterocycles. The van der Waals surface area contributed by atoms with Crippen molar-refractivity contribution in [3.63, 3.8) is 0 Å². The summed E-state index contributed by atoms with van der Waals surface area (Å²) in [5.41, 5.74) is 2.06. The van der Waals surface area contributed by atoms with Crippen LogP contribution in [0.4, 0.5) is 11.4 Å². The van der Waals surface area contributed by atoms with Gasteiger partial charge in [-0.15, -0.1) is 0 Å². The Morgan fingerprint density at radius 1 is 1.04 bits per heavy atom. The van der Waals surface area contributed by atoms with Crippen molar-refractivity contribution in [2.24, 2.45) is 5.92 Å². The number of benzene rings is 1. The minimum atomic E-state index is -0.136. The third-order valence-electron chi connectivity index (χ3n) is 5.36. The van der Waals surface area contributed by atoms with E-state index in [2.05, 4.69) is 27.2 Å². The molecule has 0 saturated carbocycles. The molecule has 1 N–H and O–H groups in total. The monoisotopic (exact) mass is 359 g/mol. The third-order valence-corrected chi connectivity index (χ3v) is 5.36. The number of ether oxygens (including phenoxy) is 1. The van der Waals surface area contributed by atoms with E-state index in [0.717, 1.165) is 44.7 Å². The van der Waals surface area contributed by atoms with Gasteiger partial charge in [0, 0.05) is 24.5 Å². The van der Waals surface area contributed by atoms with Crippen LogP contribution in [0.3, 0.4) is 0 Å². The molecule has 0 spiro atoms. The summed E-state index contributed by atoms with van der Waals surface area (Å²) in [7, 11) is 1.43. The minimum Gasteiger partial charge on any atom is -0.469 e. The second-order valence-electron chi connectivity index (χ2n) is 7.22. The van der Waals surface area contributed by atoms with E-state index in [1.807, 2.05) is 12.1 Å². The van der Waals surface area contributed by atoms with Crippen LogP contribution in [0.25, 0.3) is 0 Å². The highest BCUT2D eigenvalue weighted by atomic mass is 16.5. The van der Waals surface area contributed by atoms with Gasteiger partial charge in [0.25, 0.3) is 0 Å². The molecule has 3 rings (SSSR count). The van der Waals surface area contributed by atoms with Gasteiger partial charge in [-0.1, -0.05) is 0 Å². The van der Waals surface area contributed by atoms with E-state index in [-0.39, 0.29) is 17.8 Å². The number of esters is 1. The second kappa shape index (κ2) is 9.03. The molecule has 1 aromatic carbocycles. The largest absolute Gasteiger partial charge is 0.469 e. The van der Waals surface area contributed by atoms with Gasteiger partial charge >= 0.3 is 5.97 Å². The van der Waals surface area contributed by atoms with Gasteiger partial charge in [0.1, 0.15) is 0 Å². The number of piperidine rings is 2. The van der Waals surface area contributed by atoms with Crippen molar-refractivity contribution >= 4 is 23.3 Å². The van der Waals surface area contributed by atoms with Gasteiger partial charge < -0.3 is 15.0 Å². The van der Waals surface area contributed by atoms with Crippen molar-refractivity contribution in [3.05, 3.63) is 24.3 Å². The van der Waals surface area contributed by atoms with E-state index in [0.29, 0.717) is 6.54 Å². The van der Waals surface area contributed by atoms with E-state index >= 15 is 0 Å². The number of nitrogens with zero attached hydrogens (tertiary/aromatic N) is 2. The third kappa shape index (κ3) is 4.97. The van der Waals surface area contributed by atoms with Gasteiger partial charge in [0.15, 0.2) is 0 Å². The second-order valence-corrected chi connectivity index (χ2v) is 7.22. The Morgan fingerprint density at radius 3 is 2.31 bits per heavy atom. The molecule has 2 fully saturated rings. The maximum Gasteiger partial charge on any atom is 0.308 e. The zero-order valence-electron chi connectivity index (χ0n) is 15.6. The van der Waals surface area contributed by atoms with Gasteiger partial charge in [0.05, 0.1) is 19.6 Å². The van der Waals surface area contributed by atoms with Crippen LogP contribution in [0, 0.1) is 5.92 Å². The highest BCUT2D eigenvalue weighted by Crippen LogP contribution is 2.22. The summed E-state index contributed by atoms with van der Waals surface area (Å²) >= 11 is 0. The normalized spacial score (nSPS) is 19.2. The lowest BCUT2D eigenvalue weighted by Crippen LogP contribution is -2.41. The Kier molecular flexibility index (Phi) is 6.50. The smallest absolute Gasteiger partial charge is 0.308 e. The number of carbonyl (C=O) groups is 2. The van der Waals surface area contributed by atoms with Gasteiger partial charge in [0.2, 0.25) is 5.91 Å². The number of rotatable bonds is 5. The zero-order chi connectivity index (χ0) is 18.4. The summed E-state index contributed by atoms with van der Waals surface area (Å²) in [5, 5.41) is 2.97. The predicted molar refractivity (Wildman–Crippen MR) is 102 cm³/mol. The van der Waals surface area contributed by atoms with Gasteiger partial charge in [-0.2, -0.15) is 0 Å². The molecule has 2 aliphatic rings. The summed E-state index contributed by atoms with van der Waals surface area (Å²) in [6.45, 7) is 4.10. The van der Waals surface area contributed by atoms with Crippen molar-refractivity contribution in [1.29, 1.82) is 0 Å². The van der Waals surface area contributed by atoms with Crippen molar-refractivity contribution in [3.8, 4) is 0 Å². The number of methoxy groups -OCH3 is 1. The average Bonchev–Trinajstić information content (AvgIpc) is 2.69. The molecule has 2 saturated heterocycles. The van der Waals surface area contributed by atoms with Crippen molar-refractivity contribution in [1.82, 2.24) is 4.90 Å². The fourth-order valence-electron chi connectivity index (χ4n) is 3.80. The summed E-state index contributed by atoms with van der Waals surface area (Å²) in [4.78, 5) is 28.3. The number of anilines is 2. The topological polar surface area (TPSA) is 61.9 Å². The van der Waals surface area contributed by atoms with Crippen molar-refractivity contribution in [2.75, 3.05) is 50.1 Å². The summed E-state index contributed by atoms with van der Waals surface area (Å²) in [5.74, 6) is -0.170. The van der Waals surface area contributed by atoms with Gasteiger partial charge in [-0.3, -0.25) is 14.5 Å². The highest BCUT2D eigenvalue weighted by molar-refractivity contribution is 5.92. The van der Waals surface area contributed by atoms with Crippen LogP contribution in [-0.4, -0.2) is 56.6 Å². The fourth-order valence-corrected chi connectivity index (χ4v) is 3.80. The average molecular weight is 359 g/mol. The van der Waals surface area contributed by atoms with Crippen molar-refractivity contribution < 1.29 is 14.3 Å². The first kappa shape index (κ1) is 18.7. The first-order valence-corrected chi connectivity index (χ1v) is 9.61. The Labute approximate surface area is 155 Å². The molecule has 0 atom stereocenters. The molecule has 26 heavy (non-hydrogen) atoms. The van der Waals surface area contributed by atoms with E-state index in [1.165, 1.54) is 32.1 Å². The van der Waals surface area contributed by atoms with Crippen LogP contribution in [0.5, 0.6) is 0 Å². The molecule has 1 amide bonds. The molecular formula is C20H29N3O3. The van der Waals surface area contributed by atoms with E-state index in [1.54, 1.807) is 0 Å². The molecule has 2 heterocycles. The number of hydrogen-bond acceptors (Lipinski definition) is 5. The molecule has 0 unspecified atom stereocenters. The number of carbonyl (C=O) groups excluding carboxylic acids is 2. The molecule has 6 nitrogen and oxygen atoms in total. The minimum absolute atomic E-state index is 0.00718. The lowest BCUT2D eigenvalue weighted by molar-refractivity contribution is -0.147. The Balaban J connectivity index is 1.44. The number of nitrogens with one attached hydrogen (secondary N) is 1. The fraction of sp³-hybridized carbons (Fsp3) is 0.600. The van der Waals surface area contributed by atoms with Gasteiger partial charge in [-0.05, 0) is 69.5 Å². The molecule has 0 radical (unpaired) electrons. The van der Waals surface area contributed by atoms with Gasteiger partial charge in [-0.25, -0.2) is 0 Å². The first-order chi connectivity index (χ1) is 12.7. The standard InChI is InChI=1S/C20H29N3O3/c1-26-20(25)16-9-13-22(14-10-16)15-19(24)21-17-5-7-18(8-6-17)23-11-3-2-4-12-23/h5-8,16H,2-4,9-15H2,1H3,(H,21,24). The molecule has 0 aliphatic carbocycles. The van der Waals surface area contributed by atoms with Crippen LogP contribution in [0.1, 0.15) is 32.1 Å². The summed E-state index contributed by atoms with van der Waals surface area (Å²) in [6, 6.07) is 8.13. The van der Waals surface area contributed by atoms with Crippen LogP contribution in [0.2, 0.25) is 0 Å². The molecule has 1 aromatic rings. The number of amides is 1. The van der Waals surface area contributed by atoms with Crippen LogP contribution in [-0.2, 0) is 14.3 Å². The van der Waals surface area contributed by atoms with E-state index in [4.69, 9.17) is 4.74 Å². The predicted octanol–water partition coefficient (Wildman–Crippen LogP) is 2.50.